The molecule has 0 radical (unpaired) electrons. The van der Waals surface area contributed by atoms with Crippen molar-refractivity contribution in [3.63, 3.8) is 0 Å². The number of hydrogen-bond donors (Lipinski definition) is 3. The molecule has 1 aliphatic heterocycles. The Morgan fingerprint density at radius 3 is 2.93 bits per heavy atom. The van der Waals surface area contributed by atoms with Crippen LogP contribution >= 0.6 is 11.3 Å². The van der Waals surface area contributed by atoms with E-state index in [9.17, 15) is 9.59 Å². The number of benzene rings is 1. The fourth-order valence-electron chi connectivity index (χ4n) is 2.92. The number of anilines is 1. The number of ether oxygens (including phenoxy) is 1. The third-order valence-corrected chi connectivity index (χ3v) is 5.33. The molecular formula is C19H19N5O3S. The van der Waals surface area contributed by atoms with E-state index in [0.717, 1.165) is 21.8 Å². The molecule has 3 N–H and O–H groups in total. The summed E-state index contributed by atoms with van der Waals surface area (Å²) < 4.78 is 6.87. The largest absolute Gasteiger partial charge is 0.457 e. The van der Waals surface area contributed by atoms with E-state index in [2.05, 4.69) is 25.9 Å². The maximum absolute atomic E-state index is 11.7. The van der Waals surface area contributed by atoms with Crippen molar-refractivity contribution in [1.82, 2.24) is 20.6 Å². The molecule has 0 aliphatic carbocycles. The second kappa shape index (κ2) is 7.81. The Labute approximate surface area is 165 Å². The lowest BCUT2D eigenvalue weighted by molar-refractivity contribution is -0.122. The molecular weight excluding hydrogens is 378 g/mol. The van der Waals surface area contributed by atoms with E-state index in [0.29, 0.717) is 30.2 Å². The molecule has 1 atom stereocenters. The first-order valence-corrected chi connectivity index (χ1v) is 9.72. The van der Waals surface area contributed by atoms with Crippen molar-refractivity contribution in [1.29, 1.82) is 0 Å². The Balaban J connectivity index is 1.49. The fourth-order valence-corrected chi connectivity index (χ4v) is 3.89. The summed E-state index contributed by atoms with van der Waals surface area (Å²) in [6.45, 7) is 0.610. The lowest BCUT2D eigenvalue weighted by Gasteiger charge is -2.22. The average molecular weight is 397 g/mol. The minimum Gasteiger partial charge on any atom is -0.457 e. The van der Waals surface area contributed by atoms with Gasteiger partial charge >= 0.3 is 0 Å². The number of fused-ring (bicyclic) bond motifs is 1. The van der Waals surface area contributed by atoms with Crippen LogP contribution in [0.4, 0.5) is 5.13 Å². The number of amides is 2. The van der Waals surface area contributed by atoms with E-state index < -0.39 is 0 Å². The number of thiazole rings is 1. The second-order valence-electron chi connectivity index (χ2n) is 6.39. The van der Waals surface area contributed by atoms with Crippen LogP contribution in [0.2, 0.25) is 0 Å². The molecule has 2 amide bonds. The quantitative estimate of drug-likeness (QED) is 0.611. The minimum atomic E-state index is -0.266. The molecule has 0 spiro atoms. The number of hydrogen-bond acceptors (Lipinski definition) is 7. The summed E-state index contributed by atoms with van der Waals surface area (Å²) in [5.41, 5.74) is 1.17. The lowest BCUT2D eigenvalue weighted by Crippen LogP contribution is -2.41. The molecule has 0 saturated carbocycles. The summed E-state index contributed by atoms with van der Waals surface area (Å²) in [6.07, 6.45) is 2.87. The Morgan fingerprint density at radius 1 is 1.29 bits per heavy atom. The molecule has 3 heterocycles. The fraction of sp³-hybridized carbons (Fsp3) is 0.263. The summed E-state index contributed by atoms with van der Waals surface area (Å²) in [6, 6.07) is 9.14. The predicted molar refractivity (Wildman–Crippen MR) is 107 cm³/mol. The van der Waals surface area contributed by atoms with E-state index in [1.54, 1.807) is 19.2 Å². The zero-order chi connectivity index (χ0) is 19.5. The van der Waals surface area contributed by atoms with Gasteiger partial charge in [0.25, 0.3) is 5.91 Å². The van der Waals surface area contributed by atoms with Crippen LogP contribution in [-0.4, -0.2) is 41.4 Å². The van der Waals surface area contributed by atoms with Crippen LogP contribution < -0.4 is 20.7 Å². The molecule has 9 heteroatoms. The molecule has 2 aromatic heterocycles. The van der Waals surface area contributed by atoms with Crippen molar-refractivity contribution < 1.29 is 14.3 Å². The number of carbonyl (C=O) groups is 2. The van der Waals surface area contributed by atoms with Crippen LogP contribution in [0, 0.1) is 0 Å². The van der Waals surface area contributed by atoms with Gasteiger partial charge in [0.1, 0.15) is 17.2 Å². The highest BCUT2D eigenvalue weighted by Gasteiger charge is 2.19. The average Bonchev–Trinajstić information content (AvgIpc) is 3.11. The van der Waals surface area contributed by atoms with Gasteiger partial charge in [0.15, 0.2) is 5.13 Å². The van der Waals surface area contributed by atoms with Gasteiger partial charge in [-0.05, 0) is 24.6 Å². The third-order valence-electron chi connectivity index (χ3n) is 4.38. The minimum absolute atomic E-state index is 0.0971. The van der Waals surface area contributed by atoms with Gasteiger partial charge in [-0.15, -0.1) is 0 Å². The van der Waals surface area contributed by atoms with Crippen molar-refractivity contribution in [2.75, 3.05) is 18.9 Å². The van der Waals surface area contributed by atoms with Crippen LogP contribution in [0.25, 0.3) is 10.2 Å². The van der Waals surface area contributed by atoms with Crippen LogP contribution in [0.5, 0.6) is 11.5 Å². The lowest BCUT2D eigenvalue weighted by atomic mass is 10.1. The summed E-state index contributed by atoms with van der Waals surface area (Å²) in [5, 5.41) is 9.61. The second-order valence-corrected chi connectivity index (χ2v) is 7.42. The molecule has 1 fully saturated rings. The number of pyridine rings is 1. The zero-order valence-electron chi connectivity index (χ0n) is 15.2. The number of piperidine rings is 1. The summed E-state index contributed by atoms with van der Waals surface area (Å²) in [5.74, 6) is 1.02. The van der Waals surface area contributed by atoms with E-state index >= 15 is 0 Å². The predicted octanol–water partition coefficient (Wildman–Crippen LogP) is 2.53. The third kappa shape index (κ3) is 4.04. The Kier molecular flexibility index (Phi) is 5.07. The van der Waals surface area contributed by atoms with Gasteiger partial charge in [0.2, 0.25) is 5.91 Å². The molecule has 0 unspecified atom stereocenters. The highest BCUT2D eigenvalue weighted by atomic mass is 32.1. The first-order chi connectivity index (χ1) is 13.6. The monoisotopic (exact) mass is 397 g/mol. The molecule has 4 rings (SSSR count). The highest BCUT2D eigenvalue weighted by Crippen LogP contribution is 2.32. The van der Waals surface area contributed by atoms with Crippen LogP contribution in [0.15, 0.2) is 36.5 Å². The van der Waals surface area contributed by atoms with Crippen molar-refractivity contribution in [2.45, 2.75) is 18.9 Å². The van der Waals surface area contributed by atoms with Gasteiger partial charge in [0, 0.05) is 44.4 Å². The van der Waals surface area contributed by atoms with E-state index in [1.165, 1.54) is 17.5 Å². The summed E-state index contributed by atoms with van der Waals surface area (Å²) in [7, 11) is 1.56. The maximum atomic E-state index is 11.7. The zero-order valence-corrected chi connectivity index (χ0v) is 16.0. The van der Waals surface area contributed by atoms with Gasteiger partial charge in [-0.25, -0.2) is 4.98 Å². The molecule has 1 aromatic carbocycles. The summed E-state index contributed by atoms with van der Waals surface area (Å²) in [4.78, 5) is 31.6. The normalized spacial score (nSPS) is 16.5. The van der Waals surface area contributed by atoms with Crippen LogP contribution in [-0.2, 0) is 4.79 Å². The molecule has 0 bridgehead atoms. The van der Waals surface area contributed by atoms with Crippen LogP contribution in [0.1, 0.15) is 23.3 Å². The van der Waals surface area contributed by atoms with Gasteiger partial charge in [-0.3, -0.25) is 14.6 Å². The highest BCUT2D eigenvalue weighted by molar-refractivity contribution is 7.22. The van der Waals surface area contributed by atoms with E-state index in [4.69, 9.17) is 4.74 Å². The van der Waals surface area contributed by atoms with Crippen molar-refractivity contribution in [2.24, 2.45) is 0 Å². The number of nitrogens with zero attached hydrogens (tertiary/aromatic N) is 2. The molecule has 28 heavy (non-hydrogen) atoms. The van der Waals surface area contributed by atoms with Crippen LogP contribution in [0.3, 0.4) is 0 Å². The number of carbonyl (C=O) groups excluding carboxylic acids is 2. The van der Waals surface area contributed by atoms with Crippen molar-refractivity contribution >= 4 is 38.5 Å². The van der Waals surface area contributed by atoms with E-state index in [-0.39, 0.29) is 17.9 Å². The maximum Gasteiger partial charge on any atom is 0.269 e. The number of aromatic nitrogens is 2. The number of nitrogens with one attached hydrogen (secondary N) is 3. The van der Waals surface area contributed by atoms with Gasteiger partial charge in [-0.2, -0.15) is 0 Å². The summed E-state index contributed by atoms with van der Waals surface area (Å²) >= 11 is 1.54. The molecule has 3 aromatic rings. The molecule has 8 nitrogen and oxygen atoms in total. The first kappa shape index (κ1) is 18.2. The SMILES string of the molecule is CNC(=O)c1cc(Oc2ccc3nc(N[C@@H]4CCC(=O)NC4)sc3c2)ccn1. The first-order valence-electron chi connectivity index (χ1n) is 8.90. The Hall–Kier alpha value is -3.20. The standard InChI is InChI=1S/C19H19N5O3S/c1-20-18(26)15-8-13(6-7-21-15)27-12-3-4-14-16(9-12)28-19(24-14)23-11-2-5-17(25)22-10-11/h3-4,6-9,11H,2,5,10H2,1H3,(H,20,26)(H,22,25)(H,23,24)/t11-/m1/s1. The van der Waals surface area contributed by atoms with Crippen molar-refractivity contribution in [3.05, 3.63) is 42.2 Å². The molecule has 1 aliphatic rings. The van der Waals surface area contributed by atoms with Gasteiger partial charge in [-0.1, -0.05) is 11.3 Å². The number of rotatable bonds is 5. The van der Waals surface area contributed by atoms with Gasteiger partial charge in [0.05, 0.1) is 10.2 Å². The Bertz CT molecular complexity index is 1030. The smallest absolute Gasteiger partial charge is 0.269 e. The van der Waals surface area contributed by atoms with Crippen molar-refractivity contribution in [3.8, 4) is 11.5 Å². The van der Waals surface area contributed by atoms with Gasteiger partial charge < -0.3 is 20.7 Å². The topological polar surface area (TPSA) is 105 Å². The van der Waals surface area contributed by atoms with E-state index in [1.807, 2.05) is 18.2 Å². The molecule has 1 saturated heterocycles. The molecule has 144 valence electrons. The Morgan fingerprint density at radius 2 is 2.14 bits per heavy atom.